The first-order valence-corrected chi connectivity index (χ1v) is 19.7. The lowest BCUT2D eigenvalue weighted by molar-refractivity contribution is 0.00578. The van der Waals surface area contributed by atoms with Crippen molar-refractivity contribution in [3.05, 3.63) is 185 Å². The Hall–Kier alpha value is -5.48. The van der Waals surface area contributed by atoms with Gasteiger partial charge in [-0.1, -0.05) is 153 Å². The molecule has 0 bridgehead atoms. The van der Waals surface area contributed by atoms with E-state index in [4.69, 9.17) is 9.31 Å². The van der Waals surface area contributed by atoms with Gasteiger partial charge in [0.15, 0.2) is 0 Å². The van der Waals surface area contributed by atoms with Crippen molar-refractivity contribution < 1.29 is 9.31 Å². The fraction of sp³-hybridized carbons (Fsp3) is 0.192. The second-order valence-electron chi connectivity index (χ2n) is 17.4. The first kappa shape index (κ1) is 32.9. The summed E-state index contributed by atoms with van der Waals surface area (Å²) in [5.41, 5.74) is 12.4. The SMILES string of the molecule is CC1(C)c2ccccc2C2(c3ccc(-c4ccc5c6ccccc6c6ccccc6c5c4)cc3-c3c(B4OC(C)(C)C(C)(C)O4)cccc32)c2ccccc21. The van der Waals surface area contributed by atoms with E-state index >= 15 is 0 Å². The average Bonchev–Trinajstić information content (AvgIpc) is 3.62. The predicted octanol–water partition coefficient (Wildman–Crippen LogP) is 12.1. The minimum absolute atomic E-state index is 0.164. The van der Waals surface area contributed by atoms with Crippen LogP contribution < -0.4 is 5.46 Å². The molecule has 1 fully saturated rings. The summed E-state index contributed by atoms with van der Waals surface area (Å²) in [5, 5.41) is 7.72. The zero-order valence-corrected chi connectivity index (χ0v) is 32.3. The van der Waals surface area contributed by atoms with Crippen LogP contribution in [0.2, 0.25) is 0 Å². The number of rotatable bonds is 2. The van der Waals surface area contributed by atoms with Gasteiger partial charge in [-0.2, -0.15) is 0 Å². The summed E-state index contributed by atoms with van der Waals surface area (Å²) in [6.07, 6.45) is 0. The normalized spacial score (nSPS) is 18.0. The monoisotopic (exact) mass is 710 g/mol. The minimum atomic E-state index is -0.510. The van der Waals surface area contributed by atoms with Gasteiger partial charge in [0.05, 0.1) is 16.6 Å². The second kappa shape index (κ2) is 11.1. The van der Waals surface area contributed by atoms with Gasteiger partial charge in [0.25, 0.3) is 0 Å². The highest BCUT2D eigenvalue weighted by atomic mass is 16.7. The molecule has 0 amide bonds. The molecule has 0 saturated carbocycles. The highest BCUT2D eigenvalue weighted by Crippen LogP contribution is 2.62. The molecular weight excluding hydrogens is 667 g/mol. The van der Waals surface area contributed by atoms with E-state index in [2.05, 4.69) is 193 Å². The molecule has 8 aromatic rings. The molecule has 1 heterocycles. The molecule has 0 unspecified atom stereocenters. The molecule has 2 nitrogen and oxygen atoms in total. The predicted molar refractivity (Wildman–Crippen MR) is 230 cm³/mol. The first-order chi connectivity index (χ1) is 26.5. The van der Waals surface area contributed by atoms with Crippen LogP contribution in [-0.2, 0) is 20.1 Å². The fourth-order valence-electron chi connectivity index (χ4n) is 10.4. The first-order valence-electron chi connectivity index (χ1n) is 19.7. The Bertz CT molecular complexity index is 2830. The molecule has 3 heteroatoms. The highest BCUT2D eigenvalue weighted by molar-refractivity contribution is 6.64. The lowest BCUT2D eigenvalue weighted by Crippen LogP contribution is -2.41. The van der Waals surface area contributed by atoms with E-state index in [1.807, 2.05) is 0 Å². The van der Waals surface area contributed by atoms with Crippen molar-refractivity contribution in [3.8, 4) is 22.3 Å². The number of fused-ring (bicyclic) bond motifs is 15. The van der Waals surface area contributed by atoms with Crippen LogP contribution in [0.1, 0.15) is 74.9 Å². The summed E-state index contributed by atoms with van der Waals surface area (Å²) in [7, 11) is -0.502. The third-order valence-corrected chi connectivity index (χ3v) is 13.8. The number of hydrogen-bond acceptors (Lipinski definition) is 2. The van der Waals surface area contributed by atoms with E-state index in [-0.39, 0.29) is 5.41 Å². The lowest BCUT2D eigenvalue weighted by Gasteiger charge is -2.46. The molecule has 0 radical (unpaired) electrons. The van der Waals surface area contributed by atoms with Crippen LogP contribution in [0.5, 0.6) is 0 Å². The van der Waals surface area contributed by atoms with Gasteiger partial charge in [0, 0.05) is 5.41 Å². The van der Waals surface area contributed by atoms with Crippen molar-refractivity contribution in [2.75, 3.05) is 0 Å². The molecule has 2 aliphatic carbocycles. The van der Waals surface area contributed by atoms with Crippen molar-refractivity contribution in [3.63, 3.8) is 0 Å². The van der Waals surface area contributed by atoms with Gasteiger partial charge in [-0.15, -0.1) is 0 Å². The van der Waals surface area contributed by atoms with Crippen molar-refractivity contribution >= 4 is 44.9 Å². The smallest absolute Gasteiger partial charge is 0.399 e. The van der Waals surface area contributed by atoms with Crippen molar-refractivity contribution in [2.24, 2.45) is 0 Å². The van der Waals surface area contributed by atoms with Crippen molar-refractivity contribution in [1.29, 1.82) is 0 Å². The van der Waals surface area contributed by atoms with Crippen LogP contribution in [0.25, 0.3) is 54.6 Å². The van der Waals surface area contributed by atoms with Gasteiger partial charge in [-0.3, -0.25) is 0 Å². The van der Waals surface area contributed by atoms with Crippen molar-refractivity contribution in [2.45, 2.75) is 63.6 Å². The quantitative estimate of drug-likeness (QED) is 0.131. The van der Waals surface area contributed by atoms with Crippen LogP contribution in [0, 0.1) is 0 Å². The molecule has 266 valence electrons. The maximum Gasteiger partial charge on any atom is 0.495 e. The van der Waals surface area contributed by atoms with E-state index in [1.165, 1.54) is 88.0 Å². The second-order valence-corrected chi connectivity index (χ2v) is 17.4. The zero-order valence-electron chi connectivity index (χ0n) is 32.3. The molecule has 8 aromatic carbocycles. The summed E-state index contributed by atoms with van der Waals surface area (Å²) in [4.78, 5) is 0. The van der Waals surface area contributed by atoms with Crippen LogP contribution in [0.4, 0.5) is 0 Å². The molecule has 11 rings (SSSR count). The Morgan fingerprint density at radius 2 is 0.836 bits per heavy atom. The Balaban J connectivity index is 1.21. The van der Waals surface area contributed by atoms with Gasteiger partial charge in [-0.25, -0.2) is 0 Å². The molecule has 55 heavy (non-hydrogen) atoms. The fourth-order valence-corrected chi connectivity index (χ4v) is 10.4. The van der Waals surface area contributed by atoms with Gasteiger partial charge in [-0.05, 0) is 133 Å². The van der Waals surface area contributed by atoms with Gasteiger partial charge in [0.1, 0.15) is 0 Å². The topological polar surface area (TPSA) is 18.5 Å². The molecule has 1 aliphatic heterocycles. The van der Waals surface area contributed by atoms with Gasteiger partial charge in [0.2, 0.25) is 0 Å². The molecule has 0 N–H and O–H groups in total. The van der Waals surface area contributed by atoms with Crippen molar-refractivity contribution in [1.82, 2.24) is 0 Å². The Labute approximate surface area is 323 Å². The molecule has 0 atom stereocenters. The zero-order chi connectivity index (χ0) is 37.5. The summed E-state index contributed by atoms with van der Waals surface area (Å²) >= 11 is 0. The van der Waals surface area contributed by atoms with Gasteiger partial charge < -0.3 is 9.31 Å². The maximum atomic E-state index is 6.86. The Morgan fingerprint density at radius 3 is 1.42 bits per heavy atom. The van der Waals surface area contributed by atoms with Crippen LogP contribution >= 0.6 is 0 Å². The van der Waals surface area contributed by atoms with E-state index in [0.29, 0.717) is 0 Å². The standard InChI is InChI=1S/C52H43BO2/c1-49(2)42-20-11-13-22-44(42)52(45-23-14-12-21-43(45)49)41-29-27-33(31-40(41)48-46(52)24-15-25-47(48)53-54-50(3,4)51(5,6)55-53)32-26-28-38-36-18-8-7-16-34(36)35-17-9-10-19-37(35)39(38)30-32/h7-31H,1-6H3. The minimum Gasteiger partial charge on any atom is -0.399 e. The summed E-state index contributed by atoms with van der Waals surface area (Å²) in [6.45, 7) is 13.3. The van der Waals surface area contributed by atoms with Crippen LogP contribution in [0.15, 0.2) is 152 Å². The van der Waals surface area contributed by atoms with Crippen LogP contribution in [-0.4, -0.2) is 18.3 Å². The van der Waals surface area contributed by atoms with Crippen LogP contribution in [0.3, 0.4) is 0 Å². The maximum absolute atomic E-state index is 6.86. The molecule has 1 saturated heterocycles. The van der Waals surface area contributed by atoms with E-state index in [0.717, 1.165) is 5.46 Å². The molecular formula is C52H43BO2. The Kier molecular flexibility index (Phi) is 6.62. The Morgan fingerprint density at radius 1 is 0.382 bits per heavy atom. The van der Waals surface area contributed by atoms with E-state index in [1.54, 1.807) is 0 Å². The third-order valence-electron chi connectivity index (χ3n) is 13.8. The summed E-state index contributed by atoms with van der Waals surface area (Å²) in [5.74, 6) is 0. The average molecular weight is 711 g/mol. The largest absolute Gasteiger partial charge is 0.495 e. The summed E-state index contributed by atoms with van der Waals surface area (Å²) < 4.78 is 13.7. The molecule has 3 aliphatic rings. The molecule has 0 aromatic heterocycles. The lowest BCUT2D eigenvalue weighted by atomic mass is 9.55. The highest BCUT2D eigenvalue weighted by Gasteiger charge is 2.57. The number of hydrogen-bond donors (Lipinski definition) is 0. The van der Waals surface area contributed by atoms with E-state index < -0.39 is 23.7 Å². The van der Waals surface area contributed by atoms with E-state index in [9.17, 15) is 0 Å². The number of benzene rings is 8. The van der Waals surface area contributed by atoms with Gasteiger partial charge >= 0.3 is 7.12 Å². The molecule has 1 spiro atoms. The summed E-state index contributed by atoms with van der Waals surface area (Å²) in [6, 6.07) is 57.0. The third kappa shape index (κ3) is 4.23.